The van der Waals surface area contributed by atoms with E-state index in [0.29, 0.717) is 28.2 Å². The lowest BCUT2D eigenvalue weighted by Gasteiger charge is -2.39. The highest BCUT2D eigenvalue weighted by Gasteiger charge is 2.52. The number of ether oxygens (including phenoxy) is 2. The molecule has 198 valence electrons. The fourth-order valence-corrected chi connectivity index (χ4v) is 4.86. The van der Waals surface area contributed by atoms with Crippen LogP contribution < -0.4 is 15.0 Å². The van der Waals surface area contributed by atoms with E-state index < -0.39 is 35.5 Å². The van der Waals surface area contributed by atoms with Gasteiger partial charge in [-0.25, -0.2) is 19.6 Å². The zero-order chi connectivity index (χ0) is 27.4. The molecule has 10 nitrogen and oxygen atoms in total. The first-order valence-electron chi connectivity index (χ1n) is 12.3. The monoisotopic (exact) mass is 518 g/mol. The van der Waals surface area contributed by atoms with Gasteiger partial charge < -0.3 is 14.6 Å². The van der Waals surface area contributed by atoms with Gasteiger partial charge in [0.25, 0.3) is 0 Å². The Balaban J connectivity index is 1.98. The molecule has 4 rings (SSSR count). The van der Waals surface area contributed by atoms with Crippen molar-refractivity contribution in [2.24, 2.45) is 0 Å². The number of carboxylic acid groups (broad SMARTS) is 1. The molecular weight excluding hydrogens is 488 g/mol. The van der Waals surface area contributed by atoms with Gasteiger partial charge in [0.05, 0.1) is 18.8 Å². The zero-order valence-electron chi connectivity index (χ0n) is 21.7. The van der Waals surface area contributed by atoms with Crippen LogP contribution in [0.25, 0.3) is 0 Å². The van der Waals surface area contributed by atoms with E-state index in [2.05, 4.69) is 15.3 Å². The Kier molecular flexibility index (Phi) is 7.72. The molecule has 10 heteroatoms. The largest absolute Gasteiger partial charge is 0.478 e. The molecule has 0 saturated carbocycles. The van der Waals surface area contributed by atoms with Gasteiger partial charge in [0.2, 0.25) is 12.0 Å². The predicted molar refractivity (Wildman–Crippen MR) is 139 cm³/mol. The summed E-state index contributed by atoms with van der Waals surface area (Å²) in [7, 11) is 0. The van der Waals surface area contributed by atoms with E-state index in [1.807, 2.05) is 6.07 Å². The van der Waals surface area contributed by atoms with Crippen molar-refractivity contribution in [3.8, 4) is 6.01 Å². The number of benzene rings is 2. The van der Waals surface area contributed by atoms with Crippen molar-refractivity contribution in [2.75, 3.05) is 18.1 Å². The Morgan fingerprint density at radius 2 is 1.71 bits per heavy atom. The Labute approximate surface area is 220 Å². The first kappa shape index (κ1) is 26.7. The van der Waals surface area contributed by atoms with Gasteiger partial charge in [-0.2, -0.15) is 0 Å². The van der Waals surface area contributed by atoms with Crippen LogP contribution in [0, 0.1) is 13.8 Å². The molecule has 3 atom stereocenters. The summed E-state index contributed by atoms with van der Waals surface area (Å²) in [5.41, 5.74) is 1.01. The summed E-state index contributed by atoms with van der Waals surface area (Å²) < 4.78 is 11.3. The second kappa shape index (κ2) is 11.0. The lowest BCUT2D eigenvalue weighted by molar-refractivity contribution is -0.149. The van der Waals surface area contributed by atoms with Crippen molar-refractivity contribution < 1.29 is 29.0 Å². The maximum atomic E-state index is 13.5. The molecule has 2 unspecified atom stereocenters. The number of nitrogens with zero attached hydrogens (tertiary/aromatic N) is 3. The van der Waals surface area contributed by atoms with Gasteiger partial charge in [-0.05, 0) is 45.4 Å². The fraction of sp³-hybridized carbons (Fsp3) is 0.321. The van der Waals surface area contributed by atoms with Crippen LogP contribution >= 0.6 is 0 Å². The fourth-order valence-electron chi connectivity index (χ4n) is 4.86. The molecule has 38 heavy (non-hydrogen) atoms. The SMILES string of the molecule is CCOC(=O)[C@@H](C)N1C(=O)CNC(c2ccccc2)(C(Oc2nc(C)cc(C)n2)C(=O)O)c2ccccc21. The third kappa shape index (κ3) is 4.95. The third-order valence-electron chi connectivity index (χ3n) is 6.42. The van der Waals surface area contributed by atoms with Crippen LogP contribution in [0.3, 0.4) is 0 Å². The average molecular weight is 519 g/mol. The quantitative estimate of drug-likeness (QED) is 0.432. The number of aromatic nitrogens is 2. The van der Waals surface area contributed by atoms with Gasteiger partial charge in [-0.3, -0.25) is 15.0 Å². The van der Waals surface area contributed by atoms with Crippen LogP contribution in [-0.4, -0.2) is 58.2 Å². The number of amides is 1. The number of carbonyl (C=O) groups excluding carboxylic acids is 2. The number of hydrogen-bond acceptors (Lipinski definition) is 8. The van der Waals surface area contributed by atoms with Gasteiger partial charge in [0, 0.05) is 17.0 Å². The Hall–Kier alpha value is -4.31. The summed E-state index contributed by atoms with van der Waals surface area (Å²) in [6.45, 7) is 6.66. The number of fused-ring (bicyclic) bond motifs is 1. The highest BCUT2D eigenvalue weighted by atomic mass is 16.5. The van der Waals surface area contributed by atoms with Crippen LogP contribution in [0.15, 0.2) is 60.7 Å². The maximum Gasteiger partial charge on any atom is 0.347 e. The minimum absolute atomic E-state index is 0.100. The Morgan fingerprint density at radius 1 is 1.08 bits per heavy atom. The normalized spacial score (nSPS) is 18.6. The van der Waals surface area contributed by atoms with E-state index in [1.165, 1.54) is 4.90 Å². The smallest absolute Gasteiger partial charge is 0.347 e. The van der Waals surface area contributed by atoms with E-state index in [-0.39, 0.29) is 19.2 Å². The summed E-state index contributed by atoms with van der Waals surface area (Å²) >= 11 is 0. The van der Waals surface area contributed by atoms with Crippen LogP contribution in [0.1, 0.15) is 36.4 Å². The molecule has 1 aromatic heterocycles. The van der Waals surface area contributed by atoms with Crippen LogP contribution in [-0.2, 0) is 24.7 Å². The molecule has 1 aliphatic heterocycles. The number of hydrogen-bond donors (Lipinski definition) is 2. The zero-order valence-corrected chi connectivity index (χ0v) is 21.7. The lowest BCUT2D eigenvalue weighted by atomic mass is 9.77. The van der Waals surface area contributed by atoms with Crippen molar-refractivity contribution in [3.05, 3.63) is 83.2 Å². The number of para-hydroxylation sites is 1. The van der Waals surface area contributed by atoms with Crippen LogP contribution in [0.4, 0.5) is 5.69 Å². The van der Waals surface area contributed by atoms with Gasteiger partial charge in [0.1, 0.15) is 11.6 Å². The van der Waals surface area contributed by atoms with Gasteiger partial charge in [0.15, 0.2) is 0 Å². The lowest BCUT2D eigenvalue weighted by Crippen LogP contribution is -2.58. The van der Waals surface area contributed by atoms with Gasteiger partial charge in [-0.15, -0.1) is 0 Å². The van der Waals surface area contributed by atoms with Crippen LogP contribution in [0.2, 0.25) is 0 Å². The molecule has 0 fully saturated rings. The summed E-state index contributed by atoms with van der Waals surface area (Å²) in [6, 6.07) is 16.5. The van der Waals surface area contributed by atoms with Crippen molar-refractivity contribution in [3.63, 3.8) is 0 Å². The van der Waals surface area contributed by atoms with E-state index in [0.717, 1.165) is 0 Å². The predicted octanol–water partition coefficient (Wildman–Crippen LogP) is 2.76. The molecule has 0 bridgehead atoms. The number of anilines is 1. The number of aryl methyl sites for hydroxylation is 2. The third-order valence-corrected chi connectivity index (χ3v) is 6.42. The van der Waals surface area contributed by atoms with Crippen LogP contribution in [0.5, 0.6) is 6.01 Å². The topological polar surface area (TPSA) is 131 Å². The second-order valence-electron chi connectivity index (χ2n) is 9.01. The van der Waals surface area contributed by atoms with E-state index in [9.17, 15) is 19.5 Å². The number of rotatable bonds is 8. The summed E-state index contributed by atoms with van der Waals surface area (Å²) in [6.07, 6.45) is -1.60. The highest BCUT2D eigenvalue weighted by Crippen LogP contribution is 2.42. The molecule has 2 N–H and O–H groups in total. The van der Waals surface area contributed by atoms with E-state index in [1.54, 1.807) is 82.3 Å². The first-order valence-corrected chi connectivity index (χ1v) is 12.3. The number of carbonyl (C=O) groups is 3. The maximum absolute atomic E-state index is 13.5. The number of carboxylic acids is 1. The van der Waals surface area contributed by atoms with Crippen molar-refractivity contribution in [1.82, 2.24) is 15.3 Å². The molecule has 0 spiro atoms. The number of aliphatic carboxylic acids is 1. The molecule has 0 saturated heterocycles. The number of nitrogens with one attached hydrogen (secondary N) is 1. The molecular formula is C28H30N4O6. The number of esters is 1. The molecule has 2 heterocycles. The summed E-state index contributed by atoms with van der Waals surface area (Å²) in [5, 5.41) is 13.8. The van der Waals surface area contributed by atoms with Crippen molar-refractivity contribution in [2.45, 2.75) is 45.4 Å². The van der Waals surface area contributed by atoms with Crippen molar-refractivity contribution >= 4 is 23.5 Å². The minimum Gasteiger partial charge on any atom is -0.478 e. The molecule has 1 aliphatic rings. The summed E-state index contributed by atoms with van der Waals surface area (Å²) in [5.74, 6) is -2.29. The average Bonchev–Trinajstić information content (AvgIpc) is 3.01. The minimum atomic E-state index is -1.60. The Bertz CT molecular complexity index is 1330. The highest BCUT2D eigenvalue weighted by molar-refractivity contribution is 6.02. The molecule has 3 aromatic rings. The van der Waals surface area contributed by atoms with Crippen molar-refractivity contribution in [1.29, 1.82) is 0 Å². The van der Waals surface area contributed by atoms with E-state index >= 15 is 0 Å². The second-order valence-corrected chi connectivity index (χ2v) is 9.01. The summed E-state index contributed by atoms with van der Waals surface area (Å²) in [4.78, 5) is 49.1. The molecule has 2 aromatic carbocycles. The Morgan fingerprint density at radius 3 is 2.34 bits per heavy atom. The van der Waals surface area contributed by atoms with Gasteiger partial charge >= 0.3 is 17.9 Å². The van der Waals surface area contributed by atoms with Gasteiger partial charge in [-0.1, -0.05) is 48.5 Å². The molecule has 0 radical (unpaired) electrons. The first-order chi connectivity index (χ1) is 18.2. The van der Waals surface area contributed by atoms with E-state index in [4.69, 9.17) is 9.47 Å². The molecule has 1 amide bonds. The molecule has 0 aliphatic carbocycles. The standard InChI is InChI=1S/C28H30N4O6/c1-5-37-26(36)19(4)32-22-14-10-9-13-21(22)28(29-16-23(32)33,20-11-7-6-8-12-20)24(25(34)35)38-27-30-17(2)15-18(3)31-27/h6-15,19,24,29H,5,16H2,1-4H3,(H,34,35)/t19-,24?,28?/m1/s1.